The molecule has 0 aromatic rings. The van der Waals surface area contributed by atoms with Gasteiger partial charge in [-0.3, -0.25) is 9.59 Å². The number of hydrogen-bond donors (Lipinski definition) is 2. The summed E-state index contributed by atoms with van der Waals surface area (Å²) in [6.07, 6.45) is 1.81. The van der Waals surface area contributed by atoms with Crippen molar-refractivity contribution in [2.45, 2.75) is 52.5 Å². The van der Waals surface area contributed by atoms with Gasteiger partial charge in [0.25, 0.3) is 0 Å². The van der Waals surface area contributed by atoms with Crippen LogP contribution in [-0.4, -0.2) is 30.6 Å². The van der Waals surface area contributed by atoms with Crippen molar-refractivity contribution in [3.63, 3.8) is 0 Å². The number of carbonyl (C=O) groups is 2. The normalized spacial score (nSPS) is 15.6. The zero-order chi connectivity index (χ0) is 14.2. The summed E-state index contributed by atoms with van der Waals surface area (Å²) in [5.74, 6) is -0.353. The lowest BCUT2D eigenvalue weighted by atomic mass is 9.96. The van der Waals surface area contributed by atoms with Gasteiger partial charge in [0.2, 0.25) is 5.91 Å². The molecular weight excluding hydrogens is 232 g/mol. The zero-order valence-corrected chi connectivity index (χ0v) is 11.9. The minimum absolute atomic E-state index is 0.0467. The lowest BCUT2D eigenvalue weighted by Gasteiger charge is -2.23. The molecule has 0 spiro atoms. The van der Waals surface area contributed by atoms with Gasteiger partial charge in [-0.2, -0.15) is 0 Å². The molecule has 0 heterocycles. The Morgan fingerprint density at radius 3 is 2.50 bits per heavy atom. The van der Waals surface area contributed by atoms with Crippen LogP contribution in [0.1, 0.15) is 47.0 Å². The topological polar surface area (TPSA) is 81.4 Å². The van der Waals surface area contributed by atoms with Gasteiger partial charge in [-0.25, -0.2) is 0 Å². The van der Waals surface area contributed by atoms with Crippen LogP contribution in [0, 0.1) is 5.92 Å². The molecule has 0 aliphatic rings. The van der Waals surface area contributed by atoms with E-state index in [-0.39, 0.29) is 17.8 Å². The van der Waals surface area contributed by atoms with Crippen molar-refractivity contribution < 1.29 is 14.3 Å². The van der Waals surface area contributed by atoms with Gasteiger partial charge >= 0.3 is 5.97 Å². The first-order valence-corrected chi connectivity index (χ1v) is 6.56. The first kappa shape index (κ1) is 16.9. The number of nitrogens with two attached hydrogens (primary N) is 1. The SMILES string of the molecule is CCCC(C)(N)C(=O)NCC(C)CC(=O)OCC. The van der Waals surface area contributed by atoms with E-state index >= 15 is 0 Å². The number of hydrogen-bond acceptors (Lipinski definition) is 4. The second-order valence-electron chi connectivity index (χ2n) is 4.99. The van der Waals surface area contributed by atoms with Gasteiger partial charge in [0.1, 0.15) is 0 Å². The maximum Gasteiger partial charge on any atom is 0.306 e. The summed E-state index contributed by atoms with van der Waals surface area (Å²) in [6, 6.07) is 0. The average molecular weight is 258 g/mol. The summed E-state index contributed by atoms with van der Waals surface area (Å²) in [6.45, 7) is 8.20. The largest absolute Gasteiger partial charge is 0.466 e. The third-order valence-corrected chi connectivity index (χ3v) is 2.72. The van der Waals surface area contributed by atoms with Gasteiger partial charge in [-0.05, 0) is 26.2 Å². The molecule has 18 heavy (non-hydrogen) atoms. The Balaban J connectivity index is 4.01. The summed E-state index contributed by atoms with van der Waals surface area (Å²) >= 11 is 0. The van der Waals surface area contributed by atoms with E-state index in [9.17, 15) is 9.59 Å². The second kappa shape index (κ2) is 8.08. The summed E-state index contributed by atoms with van der Waals surface area (Å²) in [5, 5.41) is 2.78. The van der Waals surface area contributed by atoms with E-state index in [1.54, 1.807) is 13.8 Å². The molecule has 5 nitrogen and oxygen atoms in total. The van der Waals surface area contributed by atoms with Crippen molar-refractivity contribution in [1.29, 1.82) is 0 Å². The molecule has 1 amide bonds. The van der Waals surface area contributed by atoms with Crippen molar-refractivity contribution in [2.75, 3.05) is 13.2 Å². The summed E-state index contributed by atoms with van der Waals surface area (Å²) < 4.78 is 4.85. The molecule has 0 aliphatic heterocycles. The Bertz CT molecular complexity index is 277. The van der Waals surface area contributed by atoms with Crippen LogP contribution in [0.2, 0.25) is 0 Å². The van der Waals surface area contributed by atoms with Gasteiger partial charge in [0, 0.05) is 13.0 Å². The molecule has 2 unspecified atom stereocenters. The molecule has 0 saturated heterocycles. The van der Waals surface area contributed by atoms with Gasteiger partial charge in [-0.15, -0.1) is 0 Å². The molecule has 3 N–H and O–H groups in total. The first-order chi connectivity index (χ1) is 8.33. The van der Waals surface area contributed by atoms with E-state index < -0.39 is 5.54 Å². The molecule has 0 bridgehead atoms. The molecule has 106 valence electrons. The highest BCUT2D eigenvalue weighted by Crippen LogP contribution is 2.09. The number of nitrogens with one attached hydrogen (secondary N) is 1. The minimum Gasteiger partial charge on any atom is -0.466 e. The van der Waals surface area contributed by atoms with Crippen molar-refractivity contribution in [3.05, 3.63) is 0 Å². The monoisotopic (exact) mass is 258 g/mol. The summed E-state index contributed by atoms with van der Waals surface area (Å²) in [5.41, 5.74) is 5.07. The van der Waals surface area contributed by atoms with Crippen molar-refractivity contribution in [3.8, 4) is 0 Å². The Kier molecular flexibility index (Phi) is 7.59. The molecule has 0 aromatic carbocycles. The fourth-order valence-corrected chi connectivity index (χ4v) is 1.68. The predicted molar refractivity (Wildman–Crippen MR) is 70.9 cm³/mol. The molecule has 5 heteroatoms. The van der Waals surface area contributed by atoms with Crippen LogP contribution in [0.25, 0.3) is 0 Å². The number of carbonyl (C=O) groups excluding carboxylic acids is 2. The highest BCUT2D eigenvalue weighted by atomic mass is 16.5. The van der Waals surface area contributed by atoms with E-state index in [2.05, 4.69) is 5.32 Å². The molecule has 0 aromatic heterocycles. The van der Waals surface area contributed by atoms with Crippen LogP contribution in [0.5, 0.6) is 0 Å². The summed E-state index contributed by atoms with van der Waals surface area (Å²) in [4.78, 5) is 23.1. The third-order valence-electron chi connectivity index (χ3n) is 2.72. The van der Waals surface area contributed by atoms with Crippen molar-refractivity contribution in [2.24, 2.45) is 11.7 Å². The average Bonchev–Trinajstić information content (AvgIpc) is 2.25. The molecule has 0 fully saturated rings. The number of ether oxygens (including phenoxy) is 1. The summed E-state index contributed by atoms with van der Waals surface area (Å²) in [7, 11) is 0. The number of rotatable bonds is 8. The molecule has 0 radical (unpaired) electrons. The van der Waals surface area contributed by atoms with Crippen LogP contribution in [0.3, 0.4) is 0 Å². The van der Waals surface area contributed by atoms with Crippen LogP contribution >= 0.6 is 0 Å². The first-order valence-electron chi connectivity index (χ1n) is 6.56. The maximum atomic E-state index is 11.8. The lowest BCUT2D eigenvalue weighted by molar-refractivity contribution is -0.144. The van der Waals surface area contributed by atoms with Gasteiger partial charge in [-0.1, -0.05) is 20.3 Å². The highest BCUT2D eigenvalue weighted by Gasteiger charge is 2.27. The second-order valence-corrected chi connectivity index (χ2v) is 4.99. The Hall–Kier alpha value is -1.10. The molecule has 0 rings (SSSR count). The quantitative estimate of drug-likeness (QED) is 0.641. The van der Waals surface area contributed by atoms with Crippen LogP contribution in [0.15, 0.2) is 0 Å². The standard InChI is InChI=1S/C13H26N2O3/c1-5-7-13(4,14)12(17)15-9-10(3)8-11(16)18-6-2/h10H,5-9,14H2,1-4H3,(H,15,17). The lowest BCUT2D eigenvalue weighted by Crippen LogP contribution is -2.52. The number of amides is 1. The highest BCUT2D eigenvalue weighted by molar-refractivity contribution is 5.85. The van der Waals surface area contributed by atoms with E-state index in [4.69, 9.17) is 10.5 Å². The van der Waals surface area contributed by atoms with Gasteiger partial charge < -0.3 is 15.8 Å². The van der Waals surface area contributed by atoms with Crippen LogP contribution < -0.4 is 11.1 Å². The molecule has 2 atom stereocenters. The fraction of sp³-hybridized carbons (Fsp3) is 0.846. The van der Waals surface area contributed by atoms with Gasteiger partial charge in [0.05, 0.1) is 12.1 Å². The Morgan fingerprint density at radius 1 is 1.39 bits per heavy atom. The minimum atomic E-state index is -0.835. The Labute approximate surface area is 109 Å². The molecular formula is C13H26N2O3. The van der Waals surface area contributed by atoms with E-state index in [1.165, 1.54) is 0 Å². The maximum absolute atomic E-state index is 11.8. The zero-order valence-electron chi connectivity index (χ0n) is 11.9. The Morgan fingerprint density at radius 2 is 2.00 bits per heavy atom. The van der Waals surface area contributed by atoms with Crippen LogP contribution in [0.4, 0.5) is 0 Å². The van der Waals surface area contributed by atoms with Gasteiger partial charge in [0.15, 0.2) is 0 Å². The molecule has 0 saturated carbocycles. The van der Waals surface area contributed by atoms with E-state index in [0.29, 0.717) is 26.0 Å². The van der Waals surface area contributed by atoms with Crippen molar-refractivity contribution in [1.82, 2.24) is 5.32 Å². The predicted octanol–water partition coefficient (Wildman–Crippen LogP) is 1.21. The smallest absolute Gasteiger partial charge is 0.306 e. The number of esters is 1. The van der Waals surface area contributed by atoms with E-state index in [1.807, 2.05) is 13.8 Å². The van der Waals surface area contributed by atoms with E-state index in [0.717, 1.165) is 6.42 Å². The molecule has 0 aliphatic carbocycles. The fourth-order valence-electron chi connectivity index (χ4n) is 1.68. The van der Waals surface area contributed by atoms with Crippen molar-refractivity contribution >= 4 is 11.9 Å². The van der Waals surface area contributed by atoms with Crippen LogP contribution in [-0.2, 0) is 14.3 Å². The third kappa shape index (κ3) is 6.59.